The second-order valence-electron chi connectivity index (χ2n) is 4.03. The molecule has 2 aromatic carbocycles. The van der Waals surface area contributed by atoms with Crippen LogP contribution < -0.4 is 4.74 Å². The number of hydrogen-bond donors (Lipinski definition) is 1. The van der Waals surface area contributed by atoms with Gasteiger partial charge in [-0.05, 0) is 46.3 Å². The number of halogens is 3. The van der Waals surface area contributed by atoms with Crippen LogP contribution >= 0.6 is 31.9 Å². The van der Waals surface area contributed by atoms with Crippen molar-refractivity contribution in [3.05, 3.63) is 62.8 Å². The van der Waals surface area contributed by atoms with Gasteiger partial charge < -0.3 is 9.84 Å². The van der Waals surface area contributed by atoms with Gasteiger partial charge in [0.1, 0.15) is 17.3 Å². The second kappa shape index (κ2) is 6.87. The number of aliphatic carboxylic acids is 1. The molecule has 0 fully saturated rings. The Morgan fingerprint density at radius 2 is 1.95 bits per heavy atom. The number of carboxylic acids is 1. The number of benzene rings is 2. The molecule has 0 saturated heterocycles. The van der Waals surface area contributed by atoms with Crippen molar-refractivity contribution in [3.63, 3.8) is 0 Å². The van der Waals surface area contributed by atoms with Gasteiger partial charge in [0.05, 0.1) is 4.47 Å². The van der Waals surface area contributed by atoms with Crippen LogP contribution in [0.15, 0.2) is 51.4 Å². The van der Waals surface area contributed by atoms with E-state index in [4.69, 9.17) is 9.84 Å². The fourth-order valence-electron chi connectivity index (χ4n) is 1.56. The summed E-state index contributed by atoms with van der Waals surface area (Å²) in [7, 11) is 0. The van der Waals surface area contributed by atoms with Crippen LogP contribution in [0.5, 0.6) is 11.5 Å². The lowest BCUT2D eigenvalue weighted by molar-refractivity contribution is -0.131. The highest BCUT2D eigenvalue weighted by atomic mass is 79.9. The molecule has 0 heterocycles. The molecule has 6 heteroatoms. The maximum atomic E-state index is 13.5. The summed E-state index contributed by atoms with van der Waals surface area (Å²) in [4.78, 5) is 10.6. The predicted octanol–water partition coefficient (Wildman–Crippen LogP) is 5.24. The van der Waals surface area contributed by atoms with Crippen LogP contribution in [-0.4, -0.2) is 11.1 Å². The van der Waals surface area contributed by atoms with Crippen molar-refractivity contribution in [1.29, 1.82) is 0 Å². The Balaban J connectivity index is 2.35. The molecule has 0 unspecified atom stereocenters. The zero-order valence-electron chi connectivity index (χ0n) is 10.5. The van der Waals surface area contributed by atoms with Crippen molar-refractivity contribution in [3.8, 4) is 11.5 Å². The molecule has 0 aliphatic carbocycles. The normalized spacial score (nSPS) is 10.8. The number of hydrogen-bond acceptors (Lipinski definition) is 2. The summed E-state index contributed by atoms with van der Waals surface area (Å²) in [5, 5.41) is 8.69. The van der Waals surface area contributed by atoms with E-state index in [1.807, 2.05) is 0 Å². The van der Waals surface area contributed by atoms with E-state index >= 15 is 0 Å². The van der Waals surface area contributed by atoms with E-state index in [1.165, 1.54) is 18.2 Å². The maximum Gasteiger partial charge on any atom is 0.328 e. The van der Waals surface area contributed by atoms with E-state index in [1.54, 1.807) is 24.3 Å². The summed E-state index contributed by atoms with van der Waals surface area (Å²) in [6, 6.07) is 9.54. The predicted molar refractivity (Wildman–Crippen MR) is 85.0 cm³/mol. The van der Waals surface area contributed by atoms with Crippen LogP contribution in [0.4, 0.5) is 4.39 Å². The first-order valence-electron chi connectivity index (χ1n) is 5.79. The fourth-order valence-corrected chi connectivity index (χ4v) is 2.15. The molecule has 0 bridgehead atoms. The Hall–Kier alpha value is -1.66. The molecule has 0 radical (unpaired) electrons. The van der Waals surface area contributed by atoms with Crippen LogP contribution in [0.25, 0.3) is 6.08 Å². The van der Waals surface area contributed by atoms with E-state index in [0.29, 0.717) is 21.5 Å². The summed E-state index contributed by atoms with van der Waals surface area (Å²) in [6.07, 6.45) is 2.43. The minimum absolute atomic E-state index is 0.318. The maximum absolute atomic E-state index is 13.5. The monoisotopic (exact) mass is 414 g/mol. The molecule has 2 aromatic rings. The van der Waals surface area contributed by atoms with Gasteiger partial charge in [0, 0.05) is 22.2 Å². The lowest BCUT2D eigenvalue weighted by Crippen LogP contribution is -1.91. The van der Waals surface area contributed by atoms with Crippen molar-refractivity contribution < 1.29 is 19.0 Å². The Kier molecular flexibility index (Phi) is 5.14. The quantitative estimate of drug-likeness (QED) is 0.694. The zero-order valence-corrected chi connectivity index (χ0v) is 13.7. The van der Waals surface area contributed by atoms with Crippen LogP contribution in [0.2, 0.25) is 0 Å². The molecule has 0 aromatic heterocycles. The van der Waals surface area contributed by atoms with Gasteiger partial charge in [-0.3, -0.25) is 0 Å². The van der Waals surface area contributed by atoms with Crippen LogP contribution in [-0.2, 0) is 4.79 Å². The summed E-state index contributed by atoms with van der Waals surface area (Å²) in [6.45, 7) is 0. The lowest BCUT2D eigenvalue weighted by atomic mass is 10.2. The summed E-state index contributed by atoms with van der Waals surface area (Å²) in [5.74, 6) is -0.758. The minimum Gasteiger partial charge on any atom is -0.478 e. The third-order valence-corrected chi connectivity index (χ3v) is 3.64. The second-order valence-corrected chi connectivity index (χ2v) is 5.80. The molecule has 108 valence electrons. The van der Waals surface area contributed by atoms with Gasteiger partial charge >= 0.3 is 5.97 Å². The van der Waals surface area contributed by atoms with Gasteiger partial charge in [0.2, 0.25) is 0 Å². The van der Waals surface area contributed by atoms with Gasteiger partial charge in [-0.1, -0.05) is 22.0 Å². The minimum atomic E-state index is -1.06. The molecular weight excluding hydrogens is 407 g/mol. The van der Waals surface area contributed by atoms with E-state index in [0.717, 1.165) is 10.5 Å². The molecule has 21 heavy (non-hydrogen) atoms. The van der Waals surface area contributed by atoms with Crippen molar-refractivity contribution in [2.24, 2.45) is 0 Å². The van der Waals surface area contributed by atoms with Crippen molar-refractivity contribution in [2.45, 2.75) is 0 Å². The largest absolute Gasteiger partial charge is 0.478 e. The molecule has 3 nitrogen and oxygen atoms in total. The Morgan fingerprint density at radius 1 is 1.19 bits per heavy atom. The molecule has 0 spiro atoms. The van der Waals surface area contributed by atoms with Crippen molar-refractivity contribution in [1.82, 2.24) is 0 Å². The fraction of sp³-hybridized carbons (Fsp3) is 0. The average Bonchev–Trinajstić information content (AvgIpc) is 2.42. The Morgan fingerprint density at radius 3 is 2.62 bits per heavy atom. The standard InChI is InChI=1S/C15H9Br2FO3/c16-10-3-1-9(2-6-15(19)20)14(7-10)21-11-4-5-12(17)13(18)8-11/h1-8H,(H,19,20). The topological polar surface area (TPSA) is 46.5 Å². The molecule has 2 rings (SSSR count). The van der Waals surface area contributed by atoms with Crippen molar-refractivity contribution in [2.75, 3.05) is 0 Å². The summed E-state index contributed by atoms with van der Waals surface area (Å²) in [5.41, 5.74) is 0.573. The average molecular weight is 416 g/mol. The van der Waals surface area contributed by atoms with E-state index in [2.05, 4.69) is 31.9 Å². The number of carboxylic acid groups (broad SMARTS) is 1. The Labute approximate surface area is 137 Å². The smallest absolute Gasteiger partial charge is 0.328 e. The number of carbonyl (C=O) groups is 1. The third kappa shape index (κ3) is 4.41. The highest BCUT2D eigenvalue weighted by Gasteiger charge is 2.07. The molecule has 0 amide bonds. The van der Waals surface area contributed by atoms with Gasteiger partial charge in [-0.2, -0.15) is 0 Å². The zero-order chi connectivity index (χ0) is 15.4. The molecule has 0 atom stereocenters. The third-order valence-electron chi connectivity index (χ3n) is 2.50. The highest BCUT2D eigenvalue weighted by molar-refractivity contribution is 9.10. The summed E-state index contributed by atoms with van der Waals surface area (Å²) < 4.78 is 20.2. The van der Waals surface area contributed by atoms with Gasteiger partial charge in [0.15, 0.2) is 0 Å². The van der Waals surface area contributed by atoms with E-state index in [9.17, 15) is 9.18 Å². The first kappa shape index (κ1) is 15.7. The van der Waals surface area contributed by atoms with E-state index in [-0.39, 0.29) is 0 Å². The van der Waals surface area contributed by atoms with Gasteiger partial charge in [-0.15, -0.1) is 0 Å². The number of ether oxygens (including phenoxy) is 1. The molecule has 0 saturated carbocycles. The Bertz CT molecular complexity index is 714. The van der Waals surface area contributed by atoms with Crippen LogP contribution in [0.1, 0.15) is 5.56 Å². The van der Waals surface area contributed by atoms with Gasteiger partial charge in [-0.25, -0.2) is 9.18 Å². The first-order valence-corrected chi connectivity index (χ1v) is 7.38. The van der Waals surface area contributed by atoms with E-state index < -0.39 is 11.8 Å². The molecular formula is C15H9Br2FO3. The van der Waals surface area contributed by atoms with Crippen LogP contribution in [0.3, 0.4) is 0 Å². The first-order chi connectivity index (χ1) is 9.95. The highest BCUT2D eigenvalue weighted by Crippen LogP contribution is 2.31. The SMILES string of the molecule is O=C(O)C=Cc1ccc(Br)cc1Oc1ccc(Br)c(F)c1. The van der Waals surface area contributed by atoms with Crippen molar-refractivity contribution >= 4 is 43.9 Å². The molecule has 1 N–H and O–H groups in total. The summed E-state index contributed by atoms with van der Waals surface area (Å²) >= 11 is 6.38. The lowest BCUT2D eigenvalue weighted by Gasteiger charge is -2.10. The number of rotatable bonds is 4. The van der Waals surface area contributed by atoms with Crippen LogP contribution in [0, 0.1) is 5.82 Å². The van der Waals surface area contributed by atoms with Gasteiger partial charge in [0.25, 0.3) is 0 Å². The molecule has 0 aliphatic heterocycles. The molecule has 0 aliphatic rings.